The maximum Gasteiger partial charge on any atom is 0.201 e. The molecular formula is C8H8ClNO. The highest BCUT2D eigenvalue weighted by Crippen LogP contribution is 2.05. The molecule has 3 heteroatoms. The average molecular weight is 170 g/mol. The molecule has 0 radical (unpaired) electrons. The molecule has 0 saturated heterocycles. The zero-order chi connectivity index (χ0) is 8.27. The van der Waals surface area contributed by atoms with Crippen LogP contribution in [0.5, 0.6) is 0 Å². The Hall–Kier alpha value is -1.02. The second-order valence-electron chi connectivity index (χ2n) is 2.08. The summed E-state index contributed by atoms with van der Waals surface area (Å²) in [5.74, 6) is 0. The molecule has 0 amide bonds. The minimum absolute atomic E-state index is 0.0561. The van der Waals surface area contributed by atoms with Crippen LogP contribution < -0.4 is 10.7 Å². The first kappa shape index (κ1) is 8.08. The zero-order valence-electron chi connectivity index (χ0n) is 6.10. The van der Waals surface area contributed by atoms with E-state index in [0.29, 0.717) is 10.7 Å². The van der Waals surface area contributed by atoms with Gasteiger partial charge in [-0.2, -0.15) is 0 Å². The van der Waals surface area contributed by atoms with Crippen molar-refractivity contribution in [3.63, 3.8) is 0 Å². The Bertz CT molecular complexity index is 311. The number of hydrogen-bond donors (Lipinski definition) is 1. The largest absolute Gasteiger partial charge is 0.385 e. The van der Waals surface area contributed by atoms with Crippen molar-refractivity contribution in [2.45, 2.75) is 0 Å². The molecule has 1 aromatic carbocycles. The summed E-state index contributed by atoms with van der Waals surface area (Å²) in [6.07, 6.45) is 0. The molecule has 0 spiro atoms. The normalized spacial score (nSPS) is 9.27. The summed E-state index contributed by atoms with van der Waals surface area (Å²) < 4.78 is 0. The van der Waals surface area contributed by atoms with Crippen molar-refractivity contribution in [1.82, 2.24) is 0 Å². The van der Waals surface area contributed by atoms with Gasteiger partial charge in [0, 0.05) is 12.1 Å². The molecule has 0 heterocycles. The van der Waals surface area contributed by atoms with Crippen LogP contribution in [-0.2, 0) is 0 Å². The van der Waals surface area contributed by atoms with Crippen LogP contribution in [0, 0.1) is 0 Å². The van der Waals surface area contributed by atoms with Gasteiger partial charge in [-0.25, -0.2) is 0 Å². The maximum atomic E-state index is 11.1. The van der Waals surface area contributed by atoms with Crippen LogP contribution in [-0.4, -0.2) is 7.05 Å². The zero-order valence-corrected chi connectivity index (χ0v) is 6.85. The molecule has 0 bridgehead atoms. The predicted molar refractivity (Wildman–Crippen MR) is 47.3 cm³/mol. The van der Waals surface area contributed by atoms with E-state index in [0.717, 1.165) is 0 Å². The molecule has 2 nitrogen and oxygen atoms in total. The van der Waals surface area contributed by atoms with Gasteiger partial charge in [-0.1, -0.05) is 11.6 Å². The van der Waals surface area contributed by atoms with Crippen molar-refractivity contribution in [2.75, 3.05) is 12.4 Å². The predicted octanol–water partition coefficient (Wildman–Crippen LogP) is 1.74. The lowest BCUT2D eigenvalue weighted by Gasteiger charge is -1.89. The summed E-state index contributed by atoms with van der Waals surface area (Å²) in [7, 11) is 1.70. The fraction of sp³-hybridized carbons (Fsp3) is 0.125. The van der Waals surface area contributed by atoms with Gasteiger partial charge in [0.05, 0.1) is 5.69 Å². The molecule has 0 saturated carbocycles. The van der Waals surface area contributed by atoms with E-state index in [-0.39, 0.29) is 5.43 Å². The van der Waals surface area contributed by atoms with Crippen LogP contribution in [0.3, 0.4) is 0 Å². The van der Waals surface area contributed by atoms with Crippen LogP contribution in [0.25, 0.3) is 0 Å². The van der Waals surface area contributed by atoms with Crippen molar-refractivity contribution in [3.05, 3.63) is 39.5 Å². The Kier molecular flexibility index (Phi) is 2.49. The van der Waals surface area contributed by atoms with Gasteiger partial charge >= 0.3 is 0 Å². The van der Waals surface area contributed by atoms with Gasteiger partial charge in [0.25, 0.3) is 0 Å². The molecule has 0 fully saturated rings. The van der Waals surface area contributed by atoms with Crippen molar-refractivity contribution >= 4 is 17.3 Å². The van der Waals surface area contributed by atoms with Crippen LogP contribution in [0.2, 0.25) is 5.02 Å². The first-order valence-electron chi connectivity index (χ1n) is 3.21. The second kappa shape index (κ2) is 3.39. The SMILES string of the molecule is CNc1ccc(Cl)ccc1=O. The average Bonchev–Trinajstić information content (AvgIpc) is 2.15. The molecule has 0 atom stereocenters. The third-order valence-electron chi connectivity index (χ3n) is 1.34. The van der Waals surface area contributed by atoms with E-state index in [1.165, 1.54) is 6.07 Å². The molecule has 0 aromatic heterocycles. The highest BCUT2D eigenvalue weighted by atomic mass is 35.5. The molecule has 1 aromatic rings. The third-order valence-corrected chi connectivity index (χ3v) is 1.59. The fourth-order valence-electron chi connectivity index (χ4n) is 0.752. The Morgan fingerprint density at radius 1 is 1.27 bits per heavy atom. The van der Waals surface area contributed by atoms with Crippen LogP contribution in [0.4, 0.5) is 5.69 Å². The number of hydrogen-bond acceptors (Lipinski definition) is 2. The van der Waals surface area contributed by atoms with E-state index >= 15 is 0 Å². The molecule has 1 rings (SSSR count). The van der Waals surface area contributed by atoms with E-state index in [1.54, 1.807) is 25.2 Å². The van der Waals surface area contributed by atoms with Gasteiger partial charge in [0.15, 0.2) is 0 Å². The van der Waals surface area contributed by atoms with Crippen LogP contribution in [0.1, 0.15) is 0 Å². The highest BCUT2D eigenvalue weighted by molar-refractivity contribution is 6.30. The van der Waals surface area contributed by atoms with Gasteiger partial charge in [-0.15, -0.1) is 0 Å². The van der Waals surface area contributed by atoms with Gasteiger partial charge in [-0.3, -0.25) is 4.79 Å². The third kappa shape index (κ3) is 1.95. The van der Waals surface area contributed by atoms with E-state index in [2.05, 4.69) is 5.32 Å². The summed E-state index contributed by atoms with van der Waals surface area (Å²) in [5, 5.41) is 3.33. The minimum Gasteiger partial charge on any atom is -0.385 e. The standard InChI is InChI=1S/C8H8ClNO/c1-10-7-4-2-6(9)3-5-8(7)11/h2-5H,1H3,(H,10,11). The van der Waals surface area contributed by atoms with Gasteiger partial charge in [-0.05, 0) is 24.3 Å². The van der Waals surface area contributed by atoms with Crippen LogP contribution in [0.15, 0.2) is 29.1 Å². The van der Waals surface area contributed by atoms with Gasteiger partial charge < -0.3 is 5.32 Å². The van der Waals surface area contributed by atoms with Crippen molar-refractivity contribution in [1.29, 1.82) is 0 Å². The number of nitrogens with one attached hydrogen (secondary N) is 1. The lowest BCUT2D eigenvalue weighted by Crippen LogP contribution is -2.02. The van der Waals surface area contributed by atoms with Gasteiger partial charge in [0.1, 0.15) is 0 Å². The first-order valence-corrected chi connectivity index (χ1v) is 3.59. The Balaban J connectivity index is 3.33. The molecule has 0 aliphatic heterocycles. The summed E-state index contributed by atoms with van der Waals surface area (Å²) in [6.45, 7) is 0. The monoisotopic (exact) mass is 169 g/mol. The summed E-state index contributed by atoms with van der Waals surface area (Å²) in [6, 6.07) is 6.35. The molecule has 0 unspecified atom stereocenters. The summed E-state index contributed by atoms with van der Waals surface area (Å²) in [4.78, 5) is 11.1. The Morgan fingerprint density at radius 2 is 1.91 bits per heavy atom. The van der Waals surface area contributed by atoms with E-state index in [1.807, 2.05) is 0 Å². The Labute approximate surface area is 69.8 Å². The number of halogens is 1. The molecular weight excluding hydrogens is 162 g/mol. The first-order chi connectivity index (χ1) is 5.24. The van der Waals surface area contributed by atoms with E-state index in [4.69, 9.17) is 11.6 Å². The minimum atomic E-state index is -0.0561. The highest BCUT2D eigenvalue weighted by Gasteiger charge is 1.91. The summed E-state index contributed by atoms with van der Waals surface area (Å²) in [5.41, 5.74) is 0.497. The lowest BCUT2D eigenvalue weighted by molar-refractivity contribution is 1.49. The summed E-state index contributed by atoms with van der Waals surface area (Å²) >= 11 is 5.66. The van der Waals surface area contributed by atoms with E-state index < -0.39 is 0 Å². The lowest BCUT2D eigenvalue weighted by atomic mass is 10.4. The molecule has 1 N–H and O–H groups in total. The molecule has 11 heavy (non-hydrogen) atoms. The molecule has 58 valence electrons. The molecule has 0 aliphatic carbocycles. The maximum absolute atomic E-state index is 11.1. The Morgan fingerprint density at radius 3 is 2.55 bits per heavy atom. The van der Waals surface area contributed by atoms with Crippen LogP contribution >= 0.6 is 11.6 Å². The quantitative estimate of drug-likeness (QED) is 0.694. The second-order valence-corrected chi connectivity index (χ2v) is 2.52. The van der Waals surface area contributed by atoms with Crippen molar-refractivity contribution < 1.29 is 0 Å². The number of rotatable bonds is 1. The number of anilines is 1. The van der Waals surface area contributed by atoms with Gasteiger partial charge in [0.2, 0.25) is 5.43 Å². The van der Waals surface area contributed by atoms with Crippen molar-refractivity contribution in [3.8, 4) is 0 Å². The van der Waals surface area contributed by atoms with E-state index in [9.17, 15) is 4.79 Å². The van der Waals surface area contributed by atoms with Crippen molar-refractivity contribution in [2.24, 2.45) is 0 Å². The topological polar surface area (TPSA) is 29.1 Å². The smallest absolute Gasteiger partial charge is 0.201 e. The molecule has 0 aliphatic rings. The fourth-order valence-corrected chi connectivity index (χ4v) is 0.878.